The molecule has 4 rings (SSSR count). The summed E-state index contributed by atoms with van der Waals surface area (Å²) in [5.41, 5.74) is 2.79. The van der Waals surface area contributed by atoms with Crippen molar-refractivity contribution < 1.29 is 9.84 Å². The molecule has 144 valence electrons. The third kappa shape index (κ3) is 3.89. The molecule has 1 aliphatic rings. The van der Waals surface area contributed by atoms with Gasteiger partial charge in [-0.15, -0.1) is 0 Å². The molecule has 0 atom stereocenters. The molecule has 0 radical (unpaired) electrons. The molecule has 2 heteroatoms. The first-order valence-corrected chi connectivity index (χ1v) is 10.3. The van der Waals surface area contributed by atoms with Gasteiger partial charge in [0.15, 0.2) is 0 Å². The highest BCUT2D eigenvalue weighted by Gasteiger charge is 2.38. The smallest absolute Gasteiger partial charge is 0.143 e. The second-order valence-corrected chi connectivity index (χ2v) is 7.76. The van der Waals surface area contributed by atoms with Crippen LogP contribution in [0.3, 0.4) is 0 Å². The van der Waals surface area contributed by atoms with Gasteiger partial charge in [-0.2, -0.15) is 0 Å². The van der Waals surface area contributed by atoms with E-state index in [1.165, 1.54) is 0 Å². The predicted molar refractivity (Wildman–Crippen MR) is 113 cm³/mol. The molecule has 0 spiro atoms. The molecule has 0 aromatic heterocycles. The maximum Gasteiger partial charge on any atom is 0.143 e. The summed E-state index contributed by atoms with van der Waals surface area (Å²) in [7, 11) is 0. The minimum absolute atomic E-state index is 0.140. The van der Waals surface area contributed by atoms with Crippen molar-refractivity contribution in [1.29, 1.82) is 0 Å². The normalized spacial score (nSPS) is 20.0. The highest BCUT2D eigenvalue weighted by atomic mass is 16.5. The van der Waals surface area contributed by atoms with E-state index in [9.17, 15) is 5.11 Å². The Hall–Kier alpha value is -2.42. The van der Waals surface area contributed by atoms with E-state index in [1.807, 2.05) is 18.2 Å². The lowest BCUT2D eigenvalue weighted by Crippen LogP contribution is -2.35. The number of aliphatic hydroxyl groups excluding tert-OH is 1. The van der Waals surface area contributed by atoms with Crippen molar-refractivity contribution in [3.05, 3.63) is 108 Å². The number of hydrogen-bond donors (Lipinski definition) is 1. The van der Waals surface area contributed by atoms with Crippen LogP contribution in [-0.4, -0.2) is 17.8 Å². The van der Waals surface area contributed by atoms with E-state index in [-0.39, 0.29) is 6.10 Å². The van der Waals surface area contributed by atoms with Crippen LogP contribution in [0.1, 0.15) is 42.4 Å². The summed E-state index contributed by atoms with van der Waals surface area (Å²) in [6.07, 6.45) is 3.66. The highest BCUT2D eigenvalue weighted by Crippen LogP contribution is 2.41. The number of benzene rings is 3. The summed E-state index contributed by atoms with van der Waals surface area (Å²) in [6.45, 7) is 0.686. The Balaban J connectivity index is 1.77. The van der Waals surface area contributed by atoms with Crippen molar-refractivity contribution in [1.82, 2.24) is 0 Å². The largest absolute Gasteiger partial charge is 0.393 e. The maximum atomic E-state index is 9.85. The minimum Gasteiger partial charge on any atom is -0.393 e. The zero-order valence-electron chi connectivity index (χ0n) is 16.2. The van der Waals surface area contributed by atoms with Crippen LogP contribution < -0.4 is 0 Å². The Morgan fingerprint density at radius 2 is 1.04 bits per heavy atom. The molecule has 1 fully saturated rings. The summed E-state index contributed by atoms with van der Waals surface area (Å²) in [5, 5.41) is 9.85. The van der Waals surface area contributed by atoms with Crippen LogP contribution in [0, 0.1) is 5.92 Å². The first-order valence-electron chi connectivity index (χ1n) is 10.3. The third-order valence-electron chi connectivity index (χ3n) is 5.89. The van der Waals surface area contributed by atoms with Gasteiger partial charge in [0.05, 0.1) is 12.7 Å². The van der Waals surface area contributed by atoms with Gasteiger partial charge in [-0.3, -0.25) is 0 Å². The van der Waals surface area contributed by atoms with Crippen LogP contribution in [0.25, 0.3) is 0 Å². The lowest BCUT2D eigenvalue weighted by molar-refractivity contribution is -0.0230. The van der Waals surface area contributed by atoms with Crippen LogP contribution >= 0.6 is 0 Å². The van der Waals surface area contributed by atoms with Gasteiger partial charge < -0.3 is 9.84 Å². The molecule has 0 heterocycles. The van der Waals surface area contributed by atoms with Gasteiger partial charge in [0.1, 0.15) is 5.60 Å². The molecule has 2 nitrogen and oxygen atoms in total. The van der Waals surface area contributed by atoms with E-state index in [0.29, 0.717) is 12.5 Å². The van der Waals surface area contributed by atoms with Crippen LogP contribution in [0.4, 0.5) is 0 Å². The first-order chi connectivity index (χ1) is 13.8. The highest BCUT2D eigenvalue weighted by molar-refractivity contribution is 5.47. The molecule has 28 heavy (non-hydrogen) atoms. The van der Waals surface area contributed by atoms with Crippen LogP contribution in [-0.2, 0) is 10.3 Å². The fourth-order valence-electron chi connectivity index (χ4n) is 4.32. The van der Waals surface area contributed by atoms with Crippen molar-refractivity contribution >= 4 is 0 Å². The number of hydrogen-bond acceptors (Lipinski definition) is 2. The molecule has 3 aromatic carbocycles. The van der Waals surface area contributed by atoms with Crippen molar-refractivity contribution in [3.8, 4) is 0 Å². The lowest BCUT2D eigenvalue weighted by Gasteiger charge is -2.38. The molecule has 0 aliphatic heterocycles. The molecule has 1 aliphatic carbocycles. The standard InChI is InChI=1S/C26H28O2/c27-25-18-16-21(17-19-25)20-28-26(22-10-4-1-5-11-22,23-12-6-2-7-13-23)24-14-8-3-9-15-24/h1-15,21,25,27H,16-20H2/t21-,25-. The van der Waals surface area contributed by atoms with Gasteiger partial charge >= 0.3 is 0 Å². The quantitative estimate of drug-likeness (QED) is 0.575. The average molecular weight is 373 g/mol. The lowest BCUT2D eigenvalue weighted by atomic mass is 9.79. The average Bonchev–Trinajstić information content (AvgIpc) is 2.78. The SMILES string of the molecule is O[C@H]1CC[C@H](COC(c2ccccc2)(c2ccccc2)c2ccccc2)CC1. The van der Waals surface area contributed by atoms with Gasteiger partial charge in [0.25, 0.3) is 0 Å². The summed E-state index contributed by atoms with van der Waals surface area (Å²) < 4.78 is 6.88. The van der Waals surface area contributed by atoms with E-state index >= 15 is 0 Å². The van der Waals surface area contributed by atoms with E-state index < -0.39 is 5.60 Å². The summed E-state index contributed by atoms with van der Waals surface area (Å²) in [5.74, 6) is 0.485. The van der Waals surface area contributed by atoms with Crippen molar-refractivity contribution in [2.24, 2.45) is 5.92 Å². The Bertz CT molecular complexity index is 741. The molecular formula is C26H28O2. The topological polar surface area (TPSA) is 29.5 Å². The molecule has 0 amide bonds. The second kappa shape index (κ2) is 8.72. The van der Waals surface area contributed by atoms with Crippen LogP contribution in [0.2, 0.25) is 0 Å². The Morgan fingerprint density at radius 3 is 1.43 bits per heavy atom. The maximum absolute atomic E-state index is 9.85. The van der Waals surface area contributed by atoms with Crippen molar-refractivity contribution in [3.63, 3.8) is 0 Å². The van der Waals surface area contributed by atoms with Crippen LogP contribution in [0.5, 0.6) is 0 Å². The van der Waals surface area contributed by atoms with Crippen molar-refractivity contribution in [2.45, 2.75) is 37.4 Å². The number of rotatable bonds is 6. The summed E-state index contributed by atoms with van der Waals surface area (Å²) in [4.78, 5) is 0. The van der Waals surface area contributed by atoms with Gasteiger partial charge in [0, 0.05) is 0 Å². The molecule has 0 saturated heterocycles. The zero-order valence-corrected chi connectivity index (χ0v) is 16.2. The molecule has 0 unspecified atom stereocenters. The number of aliphatic hydroxyl groups is 1. The first kappa shape index (κ1) is 18.9. The van der Waals surface area contributed by atoms with Crippen LogP contribution in [0.15, 0.2) is 91.0 Å². The Labute approximate surface area is 167 Å². The fourth-order valence-corrected chi connectivity index (χ4v) is 4.32. The molecule has 1 saturated carbocycles. The molecule has 0 bridgehead atoms. The number of ether oxygens (including phenoxy) is 1. The predicted octanol–water partition coefficient (Wildman–Crippen LogP) is 5.55. The third-order valence-corrected chi connectivity index (χ3v) is 5.89. The summed E-state index contributed by atoms with van der Waals surface area (Å²) >= 11 is 0. The second-order valence-electron chi connectivity index (χ2n) is 7.76. The molecule has 3 aromatic rings. The Morgan fingerprint density at radius 1 is 0.643 bits per heavy atom. The van der Waals surface area contributed by atoms with Gasteiger partial charge in [-0.25, -0.2) is 0 Å². The summed E-state index contributed by atoms with van der Waals surface area (Å²) in [6, 6.07) is 31.6. The van der Waals surface area contributed by atoms with E-state index in [1.54, 1.807) is 0 Å². The Kier molecular flexibility index (Phi) is 5.90. The van der Waals surface area contributed by atoms with E-state index in [0.717, 1.165) is 42.4 Å². The van der Waals surface area contributed by atoms with E-state index in [4.69, 9.17) is 4.74 Å². The molecule has 1 N–H and O–H groups in total. The molecular weight excluding hydrogens is 344 g/mol. The van der Waals surface area contributed by atoms with Gasteiger partial charge in [-0.05, 0) is 48.3 Å². The minimum atomic E-state index is -0.639. The van der Waals surface area contributed by atoms with Gasteiger partial charge in [-0.1, -0.05) is 91.0 Å². The zero-order chi connectivity index (χ0) is 19.2. The fraction of sp³-hybridized carbons (Fsp3) is 0.308. The van der Waals surface area contributed by atoms with Gasteiger partial charge in [0.2, 0.25) is 0 Å². The van der Waals surface area contributed by atoms with Crippen molar-refractivity contribution in [2.75, 3.05) is 6.61 Å². The monoisotopic (exact) mass is 372 g/mol. The van der Waals surface area contributed by atoms with E-state index in [2.05, 4.69) is 72.8 Å².